The Morgan fingerprint density at radius 1 is 0.862 bits per heavy atom. The van der Waals surface area contributed by atoms with E-state index in [1.54, 1.807) is 12.5 Å². The molecule has 2 aromatic carbocycles. The van der Waals surface area contributed by atoms with Crippen molar-refractivity contribution in [3.8, 4) is 0 Å². The van der Waals surface area contributed by atoms with Crippen molar-refractivity contribution in [3.05, 3.63) is 83.3 Å². The molecule has 7 heteroatoms. The number of piperazine rings is 1. The molecule has 4 aromatic rings. The number of aromatic nitrogens is 4. The molecular formula is C22H21ClN6. The number of hydrogen-bond donors (Lipinski definition) is 1. The standard InChI is InChI=1S/C22H21ClN6/c23-18-8-6-17(7-9-18)20(16-4-2-1-3-5-16)28-10-12-29(13-11-28)22-19-14-26-27-21(19)24-15-25-22/h1-9,14-15,20H,10-13H2,(H,24,25,26,27)/t20-/m1/s1. The summed E-state index contributed by atoms with van der Waals surface area (Å²) in [6.07, 6.45) is 3.40. The third kappa shape index (κ3) is 3.57. The van der Waals surface area contributed by atoms with Crippen molar-refractivity contribution in [2.45, 2.75) is 6.04 Å². The summed E-state index contributed by atoms with van der Waals surface area (Å²) in [5.74, 6) is 0.950. The van der Waals surface area contributed by atoms with Gasteiger partial charge in [0.1, 0.15) is 12.1 Å². The highest BCUT2D eigenvalue weighted by Crippen LogP contribution is 2.31. The van der Waals surface area contributed by atoms with Crippen molar-refractivity contribution in [2.24, 2.45) is 0 Å². The molecule has 5 rings (SSSR count). The molecule has 0 unspecified atom stereocenters. The van der Waals surface area contributed by atoms with Crippen LogP contribution < -0.4 is 4.90 Å². The minimum Gasteiger partial charge on any atom is -0.353 e. The van der Waals surface area contributed by atoms with Crippen LogP contribution in [0.25, 0.3) is 11.0 Å². The lowest BCUT2D eigenvalue weighted by molar-refractivity contribution is 0.212. The van der Waals surface area contributed by atoms with Gasteiger partial charge < -0.3 is 4.90 Å². The molecule has 0 aliphatic carbocycles. The van der Waals surface area contributed by atoms with Crippen molar-refractivity contribution in [1.82, 2.24) is 25.1 Å². The second-order valence-corrected chi connectivity index (χ2v) is 7.65. The maximum absolute atomic E-state index is 6.13. The lowest BCUT2D eigenvalue weighted by Gasteiger charge is -2.40. The number of benzene rings is 2. The van der Waals surface area contributed by atoms with Crippen LogP contribution in [0.15, 0.2) is 67.1 Å². The van der Waals surface area contributed by atoms with Crippen LogP contribution in [-0.4, -0.2) is 51.2 Å². The number of nitrogens with one attached hydrogen (secondary N) is 1. The molecule has 1 aliphatic rings. The van der Waals surface area contributed by atoms with E-state index in [0.29, 0.717) is 0 Å². The zero-order valence-electron chi connectivity index (χ0n) is 15.9. The average Bonchev–Trinajstić information content (AvgIpc) is 3.26. The number of rotatable bonds is 4. The number of anilines is 1. The first-order valence-corrected chi connectivity index (χ1v) is 10.1. The fourth-order valence-corrected chi connectivity index (χ4v) is 4.22. The van der Waals surface area contributed by atoms with Gasteiger partial charge in [0.25, 0.3) is 0 Å². The number of fused-ring (bicyclic) bond motifs is 1. The van der Waals surface area contributed by atoms with E-state index in [4.69, 9.17) is 11.6 Å². The van der Waals surface area contributed by atoms with E-state index >= 15 is 0 Å². The predicted octanol–water partition coefficient (Wildman–Crippen LogP) is 3.92. The Labute approximate surface area is 174 Å². The van der Waals surface area contributed by atoms with E-state index < -0.39 is 0 Å². The molecule has 3 heterocycles. The monoisotopic (exact) mass is 404 g/mol. The fraction of sp³-hybridized carbons (Fsp3) is 0.227. The summed E-state index contributed by atoms with van der Waals surface area (Å²) in [6, 6.07) is 19.1. The molecule has 6 nitrogen and oxygen atoms in total. The fourth-order valence-electron chi connectivity index (χ4n) is 4.09. The number of aromatic amines is 1. The molecule has 0 bridgehead atoms. The lowest BCUT2D eigenvalue weighted by atomic mass is 9.96. The van der Waals surface area contributed by atoms with Crippen LogP contribution in [0.3, 0.4) is 0 Å². The Hall–Kier alpha value is -2.96. The molecule has 1 fully saturated rings. The van der Waals surface area contributed by atoms with Gasteiger partial charge in [-0.05, 0) is 23.3 Å². The third-order valence-corrected chi connectivity index (χ3v) is 5.76. The maximum Gasteiger partial charge on any atom is 0.160 e. The van der Waals surface area contributed by atoms with E-state index in [0.717, 1.165) is 48.1 Å². The Kier molecular flexibility index (Phi) is 4.87. The quantitative estimate of drug-likeness (QED) is 0.558. The van der Waals surface area contributed by atoms with Crippen LogP contribution in [0.4, 0.5) is 5.82 Å². The van der Waals surface area contributed by atoms with Gasteiger partial charge in [-0.15, -0.1) is 0 Å². The molecule has 0 saturated carbocycles. The SMILES string of the molecule is Clc1ccc([C@@H](c2ccccc2)N2CCN(c3ncnc4[nH]ncc34)CC2)cc1. The molecular weight excluding hydrogens is 384 g/mol. The topological polar surface area (TPSA) is 60.9 Å². The number of nitrogens with zero attached hydrogens (tertiary/aromatic N) is 5. The molecule has 1 saturated heterocycles. The first kappa shape index (κ1) is 18.1. The number of halogens is 1. The molecule has 0 amide bonds. The van der Waals surface area contributed by atoms with Crippen LogP contribution in [-0.2, 0) is 0 Å². The minimum atomic E-state index is 0.204. The van der Waals surface area contributed by atoms with Crippen molar-refractivity contribution >= 4 is 28.5 Å². The van der Waals surface area contributed by atoms with Gasteiger partial charge in [-0.1, -0.05) is 54.1 Å². The summed E-state index contributed by atoms with van der Waals surface area (Å²) in [4.78, 5) is 13.6. The first-order chi connectivity index (χ1) is 14.3. The second-order valence-electron chi connectivity index (χ2n) is 7.22. The largest absolute Gasteiger partial charge is 0.353 e. The lowest BCUT2D eigenvalue weighted by Crippen LogP contribution is -2.48. The van der Waals surface area contributed by atoms with Crippen molar-refractivity contribution < 1.29 is 0 Å². The number of H-pyrrole nitrogens is 1. The first-order valence-electron chi connectivity index (χ1n) is 9.73. The van der Waals surface area contributed by atoms with Gasteiger partial charge in [-0.2, -0.15) is 5.10 Å². The highest BCUT2D eigenvalue weighted by molar-refractivity contribution is 6.30. The summed E-state index contributed by atoms with van der Waals surface area (Å²) >= 11 is 6.13. The third-order valence-electron chi connectivity index (χ3n) is 5.51. The van der Waals surface area contributed by atoms with Crippen LogP contribution in [0.5, 0.6) is 0 Å². The molecule has 1 N–H and O–H groups in total. The molecule has 0 radical (unpaired) electrons. The normalized spacial score (nSPS) is 16.2. The maximum atomic E-state index is 6.13. The van der Waals surface area contributed by atoms with Gasteiger partial charge in [-0.25, -0.2) is 9.97 Å². The van der Waals surface area contributed by atoms with E-state index in [9.17, 15) is 0 Å². The zero-order valence-corrected chi connectivity index (χ0v) is 16.6. The molecule has 146 valence electrons. The van der Waals surface area contributed by atoms with Crippen LogP contribution in [0.2, 0.25) is 5.02 Å². The van der Waals surface area contributed by atoms with Crippen LogP contribution in [0.1, 0.15) is 17.2 Å². The van der Waals surface area contributed by atoms with E-state index in [1.807, 2.05) is 12.1 Å². The van der Waals surface area contributed by atoms with Crippen molar-refractivity contribution in [3.63, 3.8) is 0 Å². The molecule has 0 spiro atoms. The Balaban J connectivity index is 1.41. The number of hydrogen-bond acceptors (Lipinski definition) is 5. The van der Waals surface area contributed by atoms with Crippen molar-refractivity contribution in [2.75, 3.05) is 31.1 Å². The van der Waals surface area contributed by atoms with Gasteiger partial charge >= 0.3 is 0 Å². The summed E-state index contributed by atoms with van der Waals surface area (Å²) in [5, 5.41) is 8.77. The van der Waals surface area contributed by atoms with E-state index in [-0.39, 0.29) is 6.04 Å². The molecule has 1 atom stereocenters. The average molecular weight is 405 g/mol. The van der Waals surface area contributed by atoms with Gasteiger partial charge in [0, 0.05) is 31.2 Å². The van der Waals surface area contributed by atoms with Crippen LogP contribution in [0, 0.1) is 0 Å². The molecule has 29 heavy (non-hydrogen) atoms. The summed E-state index contributed by atoms with van der Waals surface area (Å²) < 4.78 is 0. The van der Waals surface area contributed by atoms with Crippen LogP contribution >= 0.6 is 11.6 Å². The summed E-state index contributed by atoms with van der Waals surface area (Å²) in [5.41, 5.74) is 3.33. The van der Waals surface area contributed by atoms with E-state index in [2.05, 4.69) is 72.4 Å². The second kappa shape index (κ2) is 7.81. The Bertz CT molecular complexity index is 1090. The zero-order chi connectivity index (χ0) is 19.6. The summed E-state index contributed by atoms with van der Waals surface area (Å²) in [6.45, 7) is 3.67. The Morgan fingerprint density at radius 3 is 2.34 bits per heavy atom. The minimum absolute atomic E-state index is 0.204. The summed E-state index contributed by atoms with van der Waals surface area (Å²) in [7, 11) is 0. The highest BCUT2D eigenvalue weighted by atomic mass is 35.5. The highest BCUT2D eigenvalue weighted by Gasteiger charge is 2.27. The van der Waals surface area contributed by atoms with Gasteiger partial charge in [0.15, 0.2) is 5.65 Å². The van der Waals surface area contributed by atoms with Gasteiger partial charge in [0.2, 0.25) is 0 Å². The van der Waals surface area contributed by atoms with E-state index in [1.165, 1.54) is 11.1 Å². The smallest absolute Gasteiger partial charge is 0.160 e. The van der Waals surface area contributed by atoms with Gasteiger partial charge in [-0.3, -0.25) is 10.00 Å². The molecule has 1 aliphatic heterocycles. The van der Waals surface area contributed by atoms with Crippen molar-refractivity contribution in [1.29, 1.82) is 0 Å². The molecule has 2 aromatic heterocycles. The predicted molar refractivity (Wildman–Crippen MR) is 115 cm³/mol. The van der Waals surface area contributed by atoms with Gasteiger partial charge in [0.05, 0.1) is 17.6 Å². The Morgan fingerprint density at radius 2 is 1.59 bits per heavy atom.